The summed E-state index contributed by atoms with van der Waals surface area (Å²) in [7, 11) is 2.18. The molecule has 5 nitrogen and oxygen atoms in total. The predicted molar refractivity (Wildman–Crippen MR) is 107 cm³/mol. The smallest absolute Gasteiger partial charge is 0.141 e. The highest BCUT2D eigenvalue weighted by molar-refractivity contribution is 5.98. The number of nitriles is 1. The number of benzene rings is 1. The topological polar surface area (TPSA) is 64.9 Å². The summed E-state index contributed by atoms with van der Waals surface area (Å²) in [5, 5.41) is 10.0. The Bertz CT molecular complexity index is 976. The molecule has 2 aromatic heterocycles. The molecule has 1 N–H and O–H groups in total. The zero-order valence-electron chi connectivity index (χ0n) is 15.8. The monoisotopic (exact) mass is 360 g/mol. The van der Waals surface area contributed by atoms with Crippen LogP contribution in [0.15, 0.2) is 42.7 Å². The molecule has 0 radical (unpaired) electrons. The maximum absolute atomic E-state index is 9.02. The molecule has 0 unspecified atom stereocenters. The largest absolute Gasteiger partial charge is 0.492 e. The maximum atomic E-state index is 9.02. The van der Waals surface area contributed by atoms with Gasteiger partial charge in [0, 0.05) is 23.4 Å². The highest BCUT2D eigenvalue weighted by Crippen LogP contribution is 2.37. The van der Waals surface area contributed by atoms with Gasteiger partial charge in [-0.25, -0.2) is 4.98 Å². The van der Waals surface area contributed by atoms with E-state index >= 15 is 0 Å². The quantitative estimate of drug-likeness (QED) is 0.757. The van der Waals surface area contributed by atoms with Crippen LogP contribution in [-0.4, -0.2) is 41.6 Å². The van der Waals surface area contributed by atoms with Gasteiger partial charge in [-0.05, 0) is 56.7 Å². The minimum atomic E-state index is 0.201. The number of fused-ring (bicyclic) bond motifs is 1. The number of H-pyrrole nitrogens is 1. The molecule has 1 aliphatic rings. The molecular formula is C22H24N4O. The van der Waals surface area contributed by atoms with Gasteiger partial charge in [0.25, 0.3) is 0 Å². The number of rotatable bonds is 4. The number of hydrogen-bond acceptors (Lipinski definition) is 4. The molecule has 3 heterocycles. The summed E-state index contributed by atoms with van der Waals surface area (Å²) in [6.45, 7) is 5.26. The Labute approximate surface area is 159 Å². The fourth-order valence-electron chi connectivity index (χ4n) is 3.65. The third-order valence-electron chi connectivity index (χ3n) is 5.63. The van der Waals surface area contributed by atoms with Crippen molar-refractivity contribution in [2.24, 2.45) is 5.41 Å². The zero-order chi connectivity index (χ0) is 18.9. The third-order valence-corrected chi connectivity index (χ3v) is 5.63. The molecule has 3 aromatic rings. The number of nitrogens with zero attached hydrogens (tertiary/aromatic N) is 3. The van der Waals surface area contributed by atoms with Crippen molar-refractivity contribution in [3.05, 3.63) is 48.3 Å². The van der Waals surface area contributed by atoms with Crippen molar-refractivity contribution in [1.29, 1.82) is 5.26 Å². The fraction of sp³-hybridized carbons (Fsp3) is 0.364. The molecule has 0 bridgehead atoms. The maximum Gasteiger partial charge on any atom is 0.141 e. The molecule has 0 atom stereocenters. The normalized spacial score (nSPS) is 16.9. The van der Waals surface area contributed by atoms with E-state index in [-0.39, 0.29) is 5.41 Å². The van der Waals surface area contributed by atoms with Crippen LogP contribution in [0.3, 0.4) is 0 Å². The van der Waals surface area contributed by atoms with Gasteiger partial charge >= 0.3 is 0 Å². The average Bonchev–Trinajstić information content (AvgIpc) is 3.14. The Kier molecular flexibility index (Phi) is 4.59. The van der Waals surface area contributed by atoms with Crippen molar-refractivity contribution in [3.63, 3.8) is 0 Å². The van der Waals surface area contributed by atoms with Crippen molar-refractivity contribution >= 4 is 11.0 Å². The van der Waals surface area contributed by atoms with E-state index in [1.165, 1.54) is 0 Å². The molecule has 1 aromatic carbocycles. The first kappa shape index (κ1) is 17.6. The SMILES string of the molecule is CN1CCC(C)(COc2ccnc3[nH]cc(-c4ccc(C#N)cc4)c23)CC1. The summed E-state index contributed by atoms with van der Waals surface area (Å²) in [6, 6.07) is 11.7. The van der Waals surface area contributed by atoms with E-state index < -0.39 is 0 Å². The molecule has 0 amide bonds. The molecule has 5 heteroatoms. The molecule has 1 fully saturated rings. The lowest BCUT2D eigenvalue weighted by atomic mass is 9.81. The summed E-state index contributed by atoms with van der Waals surface area (Å²) >= 11 is 0. The van der Waals surface area contributed by atoms with Crippen LogP contribution in [-0.2, 0) is 0 Å². The van der Waals surface area contributed by atoms with E-state index in [4.69, 9.17) is 10.00 Å². The molecule has 1 saturated heterocycles. The van der Waals surface area contributed by atoms with Gasteiger partial charge in [0.05, 0.1) is 23.6 Å². The lowest BCUT2D eigenvalue weighted by molar-refractivity contribution is 0.0811. The Hall–Kier alpha value is -2.84. The van der Waals surface area contributed by atoms with Gasteiger partial charge in [0.15, 0.2) is 0 Å². The van der Waals surface area contributed by atoms with Gasteiger partial charge in [-0.15, -0.1) is 0 Å². The van der Waals surface area contributed by atoms with Gasteiger partial charge in [0.2, 0.25) is 0 Å². The van der Waals surface area contributed by atoms with Crippen LogP contribution < -0.4 is 4.74 Å². The number of aromatic amines is 1. The molecule has 138 valence electrons. The Morgan fingerprint density at radius 1 is 1.22 bits per heavy atom. The number of likely N-dealkylation sites (tertiary alicyclic amines) is 1. The number of ether oxygens (including phenoxy) is 1. The van der Waals surface area contributed by atoms with Crippen molar-refractivity contribution in [1.82, 2.24) is 14.9 Å². The van der Waals surface area contributed by atoms with E-state index in [1.807, 2.05) is 36.5 Å². The first-order chi connectivity index (χ1) is 13.1. The first-order valence-corrected chi connectivity index (χ1v) is 9.36. The van der Waals surface area contributed by atoms with Crippen LogP contribution in [0.25, 0.3) is 22.2 Å². The molecule has 1 aliphatic heterocycles. The van der Waals surface area contributed by atoms with Crippen molar-refractivity contribution < 1.29 is 4.74 Å². The number of pyridine rings is 1. The number of nitrogens with one attached hydrogen (secondary N) is 1. The van der Waals surface area contributed by atoms with E-state index in [1.54, 1.807) is 6.20 Å². The highest BCUT2D eigenvalue weighted by Gasteiger charge is 2.30. The summed E-state index contributed by atoms with van der Waals surface area (Å²) in [5.74, 6) is 0.862. The predicted octanol–water partition coefficient (Wildman–Crippen LogP) is 4.21. The molecule has 0 saturated carbocycles. The van der Waals surface area contributed by atoms with Gasteiger partial charge in [-0.3, -0.25) is 0 Å². The summed E-state index contributed by atoms with van der Waals surface area (Å²) in [5.41, 5.74) is 3.77. The van der Waals surface area contributed by atoms with Crippen molar-refractivity contribution in [2.45, 2.75) is 19.8 Å². The summed E-state index contributed by atoms with van der Waals surface area (Å²) < 4.78 is 6.33. The average molecular weight is 360 g/mol. The lowest BCUT2D eigenvalue weighted by Crippen LogP contribution is -2.39. The van der Waals surface area contributed by atoms with Gasteiger partial charge < -0.3 is 14.6 Å². The number of hydrogen-bond donors (Lipinski definition) is 1. The Balaban J connectivity index is 1.63. The van der Waals surface area contributed by atoms with E-state index in [9.17, 15) is 0 Å². The molecule has 0 aliphatic carbocycles. The van der Waals surface area contributed by atoms with Crippen LogP contribution in [0.2, 0.25) is 0 Å². The Morgan fingerprint density at radius 2 is 1.96 bits per heavy atom. The van der Waals surface area contributed by atoms with Crippen molar-refractivity contribution in [2.75, 3.05) is 26.7 Å². The second kappa shape index (κ2) is 7.05. The molecule has 27 heavy (non-hydrogen) atoms. The molecular weight excluding hydrogens is 336 g/mol. The summed E-state index contributed by atoms with van der Waals surface area (Å²) in [4.78, 5) is 10.1. The van der Waals surface area contributed by atoms with Gasteiger partial charge in [-0.1, -0.05) is 19.1 Å². The zero-order valence-corrected chi connectivity index (χ0v) is 15.8. The second-order valence-corrected chi connectivity index (χ2v) is 7.83. The minimum absolute atomic E-state index is 0.201. The van der Waals surface area contributed by atoms with E-state index in [0.717, 1.165) is 53.8 Å². The summed E-state index contributed by atoms with van der Waals surface area (Å²) in [6.07, 6.45) is 6.04. The van der Waals surface area contributed by atoms with Crippen LogP contribution in [0.1, 0.15) is 25.3 Å². The molecule has 4 rings (SSSR count). The van der Waals surface area contributed by atoms with Crippen LogP contribution in [0.4, 0.5) is 0 Å². The lowest BCUT2D eigenvalue weighted by Gasteiger charge is -2.37. The standard InChI is InChI=1S/C22H24N4O/c1-22(8-11-26(2)12-9-22)15-27-19-7-10-24-21-20(19)18(14-25-21)17-5-3-16(13-23)4-6-17/h3-7,10,14H,8-9,11-12,15H2,1-2H3,(H,24,25). The number of aromatic nitrogens is 2. The van der Waals surface area contributed by atoms with Gasteiger partial charge in [-0.2, -0.15) is 5.26 Å². The van der Waals surface area contributed by atoms with Crippen LogP contribution >= 0.6 is 0 Å². The molecule has 0 spiro atoms. The fourth-order valence-corrected chi connectivity index (χ4v) is 3.65. The minimum Gasteiger partial charge on any atom is -0.492 e. The van der Waals surface area contributed by atoms with Gasteiger partial charge in [0.1, 0.15) is 11.4 Å². The highest BCUT2D eigenvalue weighted by atomic mass is 16.5. The van der Waals surface area contributed by atoms with Crippen LogP contribution in [0, 0.1) is 16.7 Å². The second-order valence-electron chi connectivity index (χ2n) is 7.83. The third kappa shape index (κ3) is 3.54. The first-order valence-electron chi connectivity index (χ1n) is 9.36. The van der Waals surface area contributed by atoms with Crippen LogP contribution in [0.5, 0.6) is 5.75 Å². The number of piperidine rings is 1. The van der Waals surface area contributed by atoms with Crippen molar-refractivity contribution in [3.8, 4) is 22.9 Å². The van der Waals surface area contributed by atoms with E-state index in [0.29, 0.717) is 12.2 Å². The van der Waals surface area contributed by atoms with E-state index in [2.05, 4.69) is 34.9 Å². The Morgan fingerprint density at radius 3 is 2.67 bits per heavy atom.